The van der Waals surface area contributed by atoms with Gasteiger partial charge in [0, 0.05) is 0 Å². The number of benzene rings is 1. The Balaban J connectivity index is 2.45. The van der Waals surface area contributed by atoms with Gasteiger partial charge in [-0.15, -0.1) is 0 Å². The van der Waals surface area contributed by atoms with Gasteiger partial charge in [-0.1, -0.05) is 6.07 Å². The summed E-state index contributed by atoms with van der Waals surface area (Å²) in [6, 6.07) is 5.40. The van der Waals surface area contributed by atoms with Crippen LogP contribution in [0.2, 0.25) is 0 Å². The lowest BCUT2D eigenvalue weighted by molar-refractivity contribution is -0.383. The molecule has 0 aliphatic heterocycles. The van der Waals surface area contributed by atoms with E-state index < -0.39 is 4.92 Å². The largest absolute Gasteiger partial charge is 0.495 e. The maximum absolute atomic E-state index is 11.0. The molecule has 0 saturated carbocycles. The first-order chi connectivity index (χ1) is 9.52. The van der Waals surface area contributed by atoms with Gasteiger partial charge < -0.3 is 15.8 Å². The fraction of sp³-hybridized carbons (Fsp3) is 0.167. The van der Waals surface area contributed by atoms with Gasteiger partial charge in [0.2, 0.25) is 11.6 Å². The van der Waals surface area contributed by atoms with Crippen LogP contribution in [0.3, 0.4) is 0 Å². The van der Waals surface area contributed by atoms with Crippen molar-refractivity contribution in [3.63, 3.8) is 0 Å². The van der Waals surface area contributed by atoms with Crippen LogP contribution in [0.15, 0.2) is 24.5 Å². The average Bonchev–Trinajstić information content (AvgIpc) is 2.40. The number of aryl methyl sites for hydroxylation is 1. The third kappa shape index (κ3) is 2.58. The molecule has 1 aromatic carbocycles. The third-order valence-electron chi connectivity index (χ3n) is 2.64. The van der Waals surface area contributed by atoms with Crippen molar-refractivity contribution in [2.45, 2.75) is 6.92 Å². The predicted molar refractivity (Wildman–Crippen MR) is 74.1 cm³/mol. The molecule has 2 aromatic rings. The highest BCUT2D eigenvalue weighted by molar-refractivity contribution is 5.74. The molecule has 2 rings (SSSR count). The molecule has 8 heteroatoms. The Morgan fingerprint density at radius 1 is 1.40 bits per heavy atom. The highest BCUT2D eigenvalue weighted by Gasteiger charge is 2.21. The summed E-state index contributed by atoms with van der Waals surface area (Å²) in [5.41, 5.74) is 6.70. The maximum atomic E-state index is 11.0. The van der Waals surface area contributed by atoms with Crippen LogP contribution in [0.5, 0.6) is 5.75 Å². The lowest BCUT2D eigenvalue weighted by Gasteiger charge is -2.11. The second kappa shape index (κ2) is 5.39. The molecule has 1 aromatic heterocycles. The molecular formula is C12H13N5O3. The van der Waals surface area contributed by atoms with Gasteiger partial charge in [-0.3, -0.25) is 10.1 Å². The molecule has 0 aliphatic carbocycles. The van der Waals surface area contributed by atoms with Crippen molar-refractivity contribution in [1.29, 1.82) is 0 Å². The van der Waals surface area contributed by atoms with Crippen molar-refractivity contribution in [3.8, 4) is 5.75 Å². The lowest BCUT2D eigenvalue weighted by Crippen LogP contribution is -2.05. The van der Waals surface area contributed by atoms with E-state index in [9.17, 15) is 10.1 Å². The Bertz CT molecular complexity index is 660. The normalized spacial score (nSPS) is 10.1. The summed E-state index contributed by atoms with van der Waals surface area (Å²) in [6.07, 6.45) is 1.16. The quantitative estimate of drug-likeness (QED) is 0.647. The second-order valence-corrected chi connectivity index (χ2v) is 4.04. The molecular weight excluding hydrogens is 262 g/mol. The Morgan fingerprint density at radius 2 is 2.15 bits per heavy atom. The number of nitrogens with zero attached hydrogens (tertiary/aromatic N) is 3. The number of methoxy groups -OCH3 is 1. The van der Waals surface area contributed by atoms with Crippen molar-refractivity contribution < 1.29 is 9.66 Å². The highest BCUT2D eigenvalue weighted by atomic mass is 16.6. The molecule has 0 amide bonds. The fourth-order valence-electron chi connectivity index (χ4n) is 1.69. The summed E-state index contributed by atoms with van der Waals surface area (Å²) >= 11 is 0. The van der Waals surface area contributed by atoms with Crippen molar-refractivity contribution in [1.82, 2.24) is 9.97 Å². The van der Waals surface area contributed by atoms with Gasteiger partial charge in [0.05, 0.1) is 17.7 Å². The molecule has 8 nitrogen and oxygen atoms in total. The predicted octanol–water partition coefficient (Wildman–Crippen LogP) is 2.03. The zero-order chi connectivity index (χ0) is 14.7. The number of hydrogen-bond acceptors (Lipinski definition) is 7. The summed E-state index contributed by atoms with van der Waals surface area (Å²) in [4.78, 5) is 17.9. The zero-order valence-electron chi connectivity index (χ0n) is 11.0. The number of rotatable bonds is 4. The minimum absolute atomic E-state index is 0.0182. The zero-order valence-corrected chi connectivity index (χ0v) is 11.0. The van der Waals surface area contributed by atoms with E-state index in [1.165, 1.54) is 7.11 Å². The summed E-state index contributed by atoms with van der Waals surface area (Å²) < 4.78 is 5.22. The summed E-state index contributed by atoms with van der Waals surface area (Å²) in [5.74, 6) is 0.375. The fourth-order valence-corrected chi connectivity index (χ4v) is 1.69. The SMILES string of the molecule is COc1cc(C)ccc1Nc1ncnc(N)c1[N+](=O)[O-]. The number of nitrogens with one attached hydrogen (secondary N) is 1. The van der Waals surface area contributed by atoms with Gasteiger partial charge in [0.15, 0.2) is 0 Å². The molecule has 1 heterocycles. The van der Waals surface area contributed by atoms with Gasteiger partial charge in [-0.05, 0) is 24.6 Å². The first-order valence-corrected chi connectivity index (χ1v) is 5.69. The van der Waals surface area contributed by atoms with Crippen LogP contribution in [-0.4, -0.2) is 22.0 Å². The minimum atomic E-state index is -0.627. The average molecular weight is 275 g/mol. The molecule has 0 unspecified atom stereocenters. The topological polar surface area (TPSA) is 116 Å². The maximum Gasteiger partial charge on any atom is 0.353 e. The molecule has 0 fully saturated rings. The standard InChI is InChI=1S/C12H13N5O3/c1-7-3-4-8(9(5-7)20-2)16-12-10(17(18)19)11(13)14-6-15-12/h3-6H,1-2H3,(H3,13,14,15,16). The Morgan fingerprint density at radius 3 is 2.80 bits per heavy atom. The molecule has 0 spiro atoms. The Labute approximate surface area is 114 Å². The summed E-state index contributed by atoms with van der Waals surface area (Å²) in [6.45, 7) is 1.91. The molecule has 0 saturated heterocycles. The van der Waals surface area contributed by atoms with Gasteiger partial charge in [0.1, 0.15) is 12.1 Å². The molecule has 0 atom stereocenters. The van der Waals surface area contributed by atoms with E-state index in [0.717, 1.165) is 11.9 Å². The van der Waals surface area contributed by atoms with Crippen molar-refractivity contribution in [2.24, 2.45) is 0 Å². The van der Waals surface area contributed by atoms with Crippen LogP contribution < -0.4 is 15.8 Å². The van der Waals surface area contributed by atoms with Crippen molar-refractivity contribution in [3.05, 3.63) is 40.2 Å². The number of nitrogens with two attached hydrogens (primary N) is 1. The lowest BCUT2D eigenvalue weighted by atomic mass is 10.2. The summed E-state index contributed by atoms with van der Waals surface area (Å²) in [7, 11) is 1.52. The van der Waals surface area contributed by atoms with Crippen LogP contribution in [0.4, 0.5) is 23.0 Å². The van der Waals surface area contributed by atoms with Gasteiger partial charge >= 0.3 is 5.69 Å². The molecule has 20 heavy (non-hydrogen) atoms. The highest BCUT2D eigenvalue weighted by Crippen LogP contribution is 2.33. The first kappa shape index (κ1) is 13.5. The molecule has 104 valence electrons. The smallest absolute Gasteiger partial charge is 0.353 e. The Hall–Kier alpha value is -2.90. The van der Waals surface area contributed by atoms with E-state index >= 15 is 0 Å². The number of aromatic nitrogens is 2. The number of hydrogen-bond donors (Lipinski definition) is 2. The van der Waals surface area contributed by atoms with E-state index in [4.69, 9.17) is 10.5 Å². The number of ether oxygens (including phenoxy) is 1. The van der Waals surface area contributed by atoms with Crippen LogP contribution in [0.25, 0.3) is 0 Å². The second-order valence-electron chi connectivity index (χ2n) is 4.04. The van der Waals surface area contributed by atoms with Gasteiger partial charge in [-0.25, -0.2) is 9.97 Å². The molecule has 0 radical (unpaired) electrons. The van der Waals surface area contributed by atoms with Gasteiger partial charge in [-0.2, -0.15) is 0 Å². The molecule has 0 bridgehead atoms. The van der Waals surface area contributed by atoms with Crippen LogP contribution in [-0.2, 0) is 0 Å². The van der Waals surface area contributed by atoms with Crippen LogP contribution in [0, 0.1) is 17.0 Å². The van der Waals surface area contributed by atoms with E-state index in [1.807, 2.05) is 13.0 Å². The van der Waals surface area contributed by atoms with E-state index in [0.29, 0.717) is 11.4 Å². The summed E-state index contributed by atoms with van der Waals surface area (Å²) in [5, 5.41) is 13.9. The van der Waals surface area contributed by atoms with Crippen molar-refractivity contribution >= 4 is 23.0 Å². The first-order valence-electron chi connectivity index (χ1n) is 5.69. The van der Waals surface area contributed by atoms with Crippen LogP contribution in [0.1, 0.15) is 5.56 Å². The Kier molecular flexibility index (Phi) is 3.65. The van der Waals surface area contributed by atoms with E-state index in [-0.39, 0.29) is 17.3 Å². The minimum Gasteiger partial charge on any atom is -0.495 e. The number of nitrogen functional groups attached to an aromatic ring is 1. The third-order valence-corrected chi connectivity index (χ3v) is 2.64. The number of anilines is 3. The van der Waals surface area contributed by atoms with Crippen LogP contribution >= 0.6 is 0 Å². The molecule has 3 N–H and O–H groups in total. The van der Waals surface area contributed by atoms with Crippen molar-refractivity contribution in [2.75, 3.05) is 18.2 Å². The monoisotopic (exact) mass is 275 g/mol. The van der Waals surface area contributed by atoms with E-state index in [1.54, 1.807) is 12.1 Å². The number of nitro groups is 1. The van der Waals surface area contributed by atoms with E-state index in [2.05, 4.69) is 15.3 Å². The molecule has 0 aliphatic rings. The van der Waals surface area contributed by atoms with Gasteiger partial charge in [0.25, 0.3) is 0 Å².